The highest BCUT2D eigenvalue weighted by Gasteiger charge is 2.16. The second-order valence-corrected chi connectivity index (χ2v) is 6.93. The van der Waals surface area contributed by atoms with Crippen molar-refractivity contribution < 1.29 is 19.1 Å². The van der Waals surface area contributed by atoms with Crippen molar-refractivity contribution >= 4 is 17.5 Å². The molecule has 3 aromatic carbocycles. The first-order valence-corrected chi connectivity index (χ1v) is 9.77. The van der Waals surface area contributed by atoms with Crippen molar-refractivity contribution in [3.05, 3.63) is 83.9 Å². The van der Waals surface area contributed by atoms with Gasteiger partial charge < -0.3 is 14.8 Å². The molecule has 2 amide bonds. The van der Waals surface area contributed by atoms with Crippen molar-refractivity contribution in [1.29, 1.82) is 0 Å². The molecule has 0 fully saturated rings. The Bertz CT molecular complexity index is 1130. The van der Waals surface area contributed by atoms with Gasteiger partial charge in [0.05, 0.1) is 12.3 Å². The van der Waals surface area contributed by atoms with Crippen molar-refractivity contribution in [1.82, 2.24) is 10.7 Å². The summed E-state index contributed by atoms with van der Waals surface area (Å²) >= 11 is 0. The molecule has 1 aliphatic rings. The van der Waals surface area contributed by atoms with Crippen LogP contribution in [0, 0.1) is 0 Å². The molecule has 0 bridgehead atoms. The molecule has 31 heavy (non-hydrogen) atoms. The van der Waals surface area contributed by atoms with E-state index in [2.05, 4.69) is 15.8 Å². The lowest BCUT2D eigenvalue weighted by Gasteiger charge is -2.07. The van der Waals surface area contributed by atoms with Gasteiger partial charge in [0.15, 0.2) is 11.5 Å². The summed E-state index contributed by atoms with van der Waals surface area (Å²) in [6.45, 7) is 1.75. The van der Waals surface area contributed by atoms with E-state index in [1.165, 1.54) is 0 Å². The zero-order valence-corrected chi connectivity index (χ0v) is 16.9. The van der Waals surface area contributed by atoms with Crippen LogP contribution in [-0.4, -0.2) is 30.9 Å². The van der Waals surface area contributed by atoms with Crippen LogP contribution in [0.5, 0.6) is 11.5 Å². The van der Waals surface area contributed by atoms with E-state index in [-0.39, 0.29) is 19.2 Å². The van der Waals surface area contributed by atoms with Crippen molar-refractivity contribution in [3.8, 4) is 22.6 Å². The number of carbonyl (C=O) groups excluding carboxylic acids is 2. The number of benzene rings is 3. The van der Waals surface area contributed by atoms with Gasteiger partial charge in [0.1, 0.15) is 0 Å². The number of hydrogen-bond acceptors (Lipinski definition) is 5. The van der Waals surface area contributed by atoms with Gasteiger partial charge in [-0.15, -0.1) is 0 Å². The molecule has 2 N–H and O–H groups in total. The molecule has 0 unspecified atom stereocenters. The Morgan fingerprint density at radius 2 is 1.55 bits per heavy atom. The molecule has 0 saturated carbocycles. The number of rotatable bonds is 6. The van der Waals surface area contributed by atoms with Crippen LogP contribution < -0.4 is 20.2 Å². The number of nitrogens with zero attached hydrogens (tertiary/aromatic N) is 1. The van der Waals surface area contributed by atoms with Crippen LogP contribution in [0.2, 0.25) is 0 Å². The molecular formula is C24H21N3O4. The third-order valence-electron chi connectivity index (χ3n) is 4.80. The Balaban J connectivity index is 1.30. The molecule has 0 atom stereocenters. The van der Waals surface area contributed by atoms with Crippen LogP contribution in [0.15, 0.2) is 77.9 Å². The van der Waals surface area contributed by atoms with E-state index in [0.29, 0.717) is 22.8 Å². The fraction of sp³-hybridized carbons (Fsp3) is 0.125. The Hall–Kier alpha value is -4.13. The summed E-state index contributed by atoms with van der Waals surface area (Å²) in [6.07, 6.45) is 0. The molecule has 0 aliphatic carbocycles. The SMILES string of the molecule is C/C(=N/NC(=O)CNC(=O)c1ccc2c(c1)OCO2)c1ccc(-c2ccccc2)cc1. The Morgan fingerprint density at radius 1 is 0.871 bits per heavy atom. The summed E-state index contributed by atoms with van der Waals surface area (Å²) in [5.74, 6) is 0.298. The van der Waals surface area contributed by atoms with E-state index >= 15 is 0 Å². The van der Waals surface area contributed by atoms with Crippen LogP contribution in [0.4, 0.5) is 0 Å². The minimum atomic E-state index is -0.422. The normalized spacial score (nSPS) is 12.4. The van der Waals surface area contributed by atoms with Gasteiger partial charge in [-0.1, -0.05) is 54.6 Å². The van der Waals surface area contributed by atoms with Crippen LogP contribution in [-0.2, 0) is 4.79 Å². The average molecular weight is 415 g/mol. The number of ether oxygens (including phenoxy) is 2. The van der Waals surface area contributed by atoms with Gasteiger partial charge in [0.2, 0.25) is 6.79 Å². The molecule has 0 spiro atoms. The zero-order valence-electron chi connectivity index (χ0n) is 16.9. The average Bonchev–Trinajstić information content (AvgIpc) is 3.29. The maximum atomic E-state index is 12.2. The number of amides is 2. The molecule has 1 heterocycles. The third-order valence-corrected chi connectivity index (χ3v) is 4.80. The van der Waals surface area contributed by atoms with Gasteiger partial charge in [-0.2, -0.15) is 5.10 Å². The molecule has 0 radical (unpaired) electrons. The number of hydrogen-bond donors (Lipinski definition) is 2. The summed E-state index contributed by atoms with van der Waals surface area (Å²) in [5, 5.41) is 6.69. The maximum absolute atomic E-state index is 12.2. The van der Waals surface area contributed by atoms with Gasteiger partial charge >= 0.3 is 0 Å². The van der Waals surface area contributed by atoms with Crippen LogP contribution in [0.3, 0.4) is 0 Å². The molecule has 7 nitrogen and oxygen atoms in total. The van der Waals surface area contributed by atoms with Crippen LogP contribution >= 0.6 is 0 Å². The van der Waals surface area contributed by atoms with Crippen molar-refractivity contribution in [3.63, 3.8) is 0 Å². The molecule has 0 aromatic heterocycles. The fourth-order valence-corrected chi connectivity index (χ4v) is 3.09. The zero-order chi connectivity index (χ0) is 21.6. The highest BCUT2D eigenvalue weighted by Crippen LogP contribution is 2.32. The lowest BCUT2D eigenvalue weighted by atomic mass is 10.0. The Labute approximate surface area is 179 Å². The van der Waals surface area contributed by atoms with Gasteiger partial charge in [0, 0.05) is 5.56 Å². The van der Waals surface area contributed by atoms with E-state index in [4.69, 9.17) is 9.47 Å². The predicted octanol–water partition coefficient (Wildman–Crippen LogP) is 3.35. The minimum absolute atomic E-state index is 0.134. The first-order chi connectivity index (χ1) is 15.1. The molecule has 7 heteroatoms. The van der Waals surface area contributed by atoms with Gasteiger partial charge in [-0.05, 0) is 41.8 Å². The minimum Gasteiger partial charge on any atom is -0.454 e. The van der Waals surface area contributed by atoms with E-state index in [1.54, 1.807) is 18.2 Å². The lowest BCUT2D eigenvalue weighted by molar-refractivity contribution is -0.120. The molecular weight excluding hydrogens is 394 g/mol. The van der Waals surface area contributed by atoms with E-state index < -0.39 is 5.91 Å². The third kappa shape index (κ3) is 4.90. The molecule has 1 aliphatic heterocycles. The smallest absolute Gasteiger partial charge is 0.259 e. The summed E-state index contributed by atoms with van der Waals surface area (Å²) in [4.78, 5) is 24.3. The lowest BCUT2D eigenvalue weighted by Crippen LogP contribution is -2.35. The Morgan fingerprint density at radius 3 is 2.32 bits per heavy atom. The molecule has 4 rings (SSSR count). The largest absolute Gasteiger partial charge is 0.454 e. The van der Waals surface area contributed by atoms with E-state index in [1.807, 2.05) is 61.5 Å². The van der Waals surface area contributed by atoms with Gasteiger partial charge in [-0.3, -0.25) is 9.59 Å². The highest BCUT2D eigenvalue weighted by molar-refractivity contribution is 6.00. The van der Waals surface area contributed by atoms with Crippen LogP contribution in [0.25, 0.3) is 11.1 Å². The molecule has 0 saturated heterocycles. The fourth-order valence-electron chi connectivity index (χ4n) is 3.09. The topological polar surface area (TPSA) is 89.0 Å². The number of carbonyl (C=O) groups is 2. The quantitative estimate of drug-likeness (QED) is 0.477. The van der Waals surface area contributed by atoms with Crippen molar-refractivity contribution in [2.45, 2.75) is 6.92 Å². The second kappa shape index (κ2) is 9.13. The Kier molecular flexibility index (Phi) is 5.93. The summed E-state index contributed by atoms with van der Waals surface area (Å²) in [5.41, 5.74) is 6.64. The summed E-state index contributed by atoms with van der Waals surface area (Å²) < 4.78 is 10.5. The predicted molar refractivity (Wildman–Crippen MR) is 117 cm³/mol. The highest BCUT2D eigenvalue weighted by atomic mass is 16.7. The summed E-state index contributed by atoms with van der Waals surface area (Å²) in [6, 6.07) is 22.9. The van der Waals surface area contributed by atoms with Crippen molar-refractivity contribution in [2.75, 3.05) is 13.3 Å². The molecule has 3 aromatic rings. The van der Waals surface area contributed by atoms with E-state index in [0.717, 1.165) is 16.7 Å². The van der Waals surface area contributed by atoms with Crippen molar-refractivity contribution in [2.24, 2.45) is 5.10 Å². The standard InChI is InChI=1S/C24H21N3O4/c1-16(17-7-9-19(10-8-17)18-5-3-2-4-6-18)26-27-23(28)14-25-24(29)20-11-12-21-22(13-20)31-15-30-21/h2-13H,14-15H2,1H3,(H,25,29)(H,27,28)/b26-16-. The number of hydrazone groups is 1. The van der Waals surface area contributed by atoms with E-state index in [9.17, 15) is 9.59 Å². The monoisotopic (exact) mass is 415 g/mol. The number of fused-ring (bicyclic) bond motifs is 1. The van der Waals surface area contributed by atoms with Gasteiger partial charge in [0.25, 0.3) is 11.8 Å². The summed E-state index contributed by atoms with van der Waals surface area (Å²) in [7, 11) is 0. The second-order valence-electron chi connectivity index (χ2n) is 6.93. The first-order valence-electron chi connectivity index (χ1n) is 9.77. The first kappa shape index (κ1) is 20.2. The maximum Gasteiger partial charge on any atom is 0.259 e. The number of nitrogens with one attached hydrogen (secondary N) is 2. The molecule has 156 valence electrons. The van der Waals surface area contributed by atoms with Gasteiger partial charge in [-0.25, -0.2) is 5.43 Å². The van der Waals surface area contributed by atoms with Crippen LogP contribution in [0.1, 0.15) is 22.8 Å².